The van der Waals surface area contributed by atoms with Gasteiger partial charge in [-0.2, -0.15) is 0 Å². The summed E-state index contributed by atoms with van der Waals surface area (Å²) >= 11 is 0. The number of hydrogen-bond acceptors (Lipinski definition) is 0. The first-order chi connectivity index (χ1) is 15.4. The van der Waals surface area contributed by atoms with Gasteiger partial charge in [-0.25, -0.2) is 0 Å². The van der Waals surface area contributed by atoms with Crippen molar-refractivity contribution in [3.63, 3.8) is 0 Å². The van der Waals surface area contributed by atoms with Gasteiger partial charge in [-0.15, -0.1) is 0 Å². The van der Waals surface area contributed by atoms with Crippen molar-refractivity contribution in [3.8, 4) is 0 Å². The molecule has 1 heteroatoms. The highest BCUT2D eigenvalue weighted by Crippen LogP contribution is 2.50. The average Bonchev–Trinajstić information content (AvgIpc) is 3.44. The van der Waals surface area contributed by atoms with Crippen molar-refractivity contribution >= 4 is 86.4 Å². The summed E-state index contributed by atoms with van der Waals surface area (Å²) in [6, 6.07) is 31.7. The van der Waals surface area contributed by atoms with Crippen LogP contribution in [0, 0.1) is 0 Å². The van der Waals surface area contributed by atoms with E-state index in [1.54, 1.807) is 0 Å². The molecule has 9 rings (SSSR count). The van der Waals surface area contributed by atoms with Crippen LogP contribution in [0.25, 0.3) is 86.4 Å². The van der Waals surface area contributed by atoms with Crippen LogP contribution in [-0.2, 0) is 0 Å². The van der Waals surface area contributed by atoms with E-state index in [9.17, 15) is 0 Å². The fourth-order valence-corrected chi connectivity index (χ4v) is 6.44. The summed E-state index contributed by atoms with van der Waals surface area (Å²) in [5, 5.41) is 19.1. The van der Waals surface area contributed by atoms with Crippen molar-refractivity contribution in [2.45, 2.75) is 0 Å². The van der Waals surface area contributed by atoms with E-state index in [0.717, 1.165) is 0 Å². The molecule has 1 heterocycles. The van der Waals surface area contributed by atoms with Gasteiger partial charge in [-0.3, -0.25) is 0 Å². The van der Waals surface area contributed by atoms with Gasteiger partial charge in [0.25, 0.3) is 0 Å². The van der Waals surface area contributed by atoms with Crippen LogP contribution in [0.2, 0.25) is 0 Å². The Morgan fingerprint density at radius 1 is 0.323 bits per heavy atom. The summed E-state index contributed by atoms with van der Waals surface area (Å²) < 4.78 is 0. The zero-order valence-corrected chi connectivity index (χ0v) is 16.6. The van der Waals surface area contributed by atoms with Crippen LogP contribution in [0.15, 0.2) is 84.9 Å². The predicted molar refractivity (Wildman–Crippen MR) is 134 cm³/mol. The molecule has 0 saturated carbocycles. The molecule has 1 N–H and O–H groups in total. The summed E-state index contributed by atoms with van der Waals surface area (Å²) in [6.45, 7) is 0. The second-order valence-corrected chi connectivity index (χ2v) is 8.99. The standard InChI is InChI=1S/C30H15N/c1-3-15-7-11-19-25-21(13-9-17(5-1)23(15)25)29-27(19)28-20-12-8-16-4-2-6-18-10-14-22(30(28)31-29)26(20)24(16)18/h1-14,31H. The van der Waals surface area contributed by atoms with Gasteiger partial charge in [-0.05, 0) is 43.1 Å². The summed E-state index contributed by atoms with van der Waals surface area (Å²) in [6.07, 6.45) is 0. The van der Waals surface area contributed by atoms with Crippen molar-refractivity contribution in [2.24, 2.45) is 0 Å². The van der Waals surface area contributed by atoms with Crippen molar-refractivity contribution in [2.75, 3.05) is 0 Å². The maximum atomic E-state index is 3.88. The monoisotopic (exact) mass is 389 g/mol. The molecule has 0 atom stereocenters. The Kier molecular flexibility index (Phi) is 2.21. The molecule has 0 fully saturated rings. The molecular formula is C30H15N. The van der Waals surface area contributed by atoms with Gasteiger partial charge in [-0.1, -0.05) is 84.9 Å². The van der Waals surface area contributed by atoms with Crippen molar-refractivity contribution < 1.29 is 0 Å². The van der Waals surface area contributed by atoms with Crippen molar-refractivity contribution in [1.82, 2.24) is 4.98 Å². The smallest absolute Gasteiger partial charge is 0.0551 e. The van der Waals surface area contributed by atoms with Gasteiger partial charge in [0.2, 0.25) is 0 Å². The van der Waals surface area contributed by atoms with E-state index in [2.05, 4.69) is 89.9 Å². The number of nitrogens with one attached hydrogen (secondary N) is 1. The Morgan fingerprint density at radius 2 is 0.710 bits per heavy atom. The van der Waals surface area contributed by atoms with Gasteiger partial charge in [0.05, 0.1) is 11.0 Å². The number of aromatic nitrogens is 1. The van der Waals surface area contributed by atoms with E-state index in [1.807, 2.05) is 0 Å². The second kappa shape index (κ2) is 4.63. The normalized spacial score (nSPS) is 13.2. The lowest BCUT2D eigenvalue weighted by atomic mass is 9.97. The quantitative estimate of drug-likeness (QED) is 0.267. The van der Waals surface area contributed by atoms with Gasteiger partial charge in [0.15, 0.2) is 0 Å². The lowest BCUT2D eigenvalue weighted by Gasteiger charge is -2.06. The molecule has 0 unspecified atom stereocenters. The van der Waals surface area contributed by atoms with Crippen LogP contribution < -0.4 is 0 Å². The molecule has 31 heavy (non-hydrogen) atoms. The Morgan fingerprint density at radius 3 is 1.13 bits per heavy atom. The molecule has 0 spiro atoms. The number of aromatic amines is 1. The van der Waals surface area contributed by atoms with E-state index < -0.39 is 0 Å². The third kappa shape index (κ3) is 1.48. The first-order valence-electron chi connectivity index (χ1n) is 10.9. The summed E-state index contributed by atoms with van der Waals surface area (Å²) in [7, 11) is 0. The second-order valence-electron chi connectivity index (χ2n) is 8.99. The molecule has 0 saturated heterocycles. The molecule has 0 aliphatic heterocycles. The van der Waals surface area contributed by atoms with Gasteiger partial charge in [0.1, 0.15) is 0 Å². The Hall–Kier alpha value is -4.10. The third-order valence-corrected chi connectivity index (χ3v) is 7.63. The third-order valence-electron chi connectivity index (χ3n) is 7.63. The molecular weight excluding hydrogens is 374 g/mol. The number of benzene rings is 6. The lowest BCUT2D eigenvalue weighted by molar-refractivity contribution is 1.60. The summed E-state index contributed by atoms with van der Waals surface area (Å²) in [5.41, 5.74) is 2.56. The highest BCUT2D eigenvalue weighted by Gasteiger charge is 2.23. The minimum absolute atomic E-state index is 1.28. The Bertz CT molecular complexity index is 1960. The van der Waals surface area contributed by atoms with Crippen molar-refractivity contribution in [1.29, 1.82) is 0 Å². The first kappa shape index (κ1) is 14.8. The summed E-state index contributed by atoms with van der Waals surface area (Å²) in [5.74, 6) is 0. The largest absolute Gasteiger partial charge is 0.353 e. The average molecular weight is 389 g/mol. The van der Waals surface area contributed by atoms with E-state index in [-0.39, 0.29) is 0 Å². The molecule has 0 aliphatic rings. The van der Waals surface area contributed by atoms with E-state index >= 15 is 0 Å². The summed E-state index contributed by atoms with van der Waals surface area (Å²) in [4.78, 5) is 3.88. The zero-order valence-electron chi connectivity index (χ0n) is 16.6. The number of rotatable bonds is 0. The van der Waals surface area contributed by atoms with Crippen LogP contribution in [0.3, 0.4) is 0 Å². The number of hydrogen-bond donors (Lipinski definition) is 1. The van der Waals surface area contributed by atoms with Crippen LogP contribution in [-0.4, -0.2) is 4.98 Å². The van der Waals surface area contributed by atoms with E-state index in [1.165, 1.54) is 86.4 Å². The molecule has 140 valence electrons. The fourth-order valence-electron chi connectivity index (χ4n) is 6.44. The van der Waals surface area contributed by atoms with Crippen LogP contribution in [0.5, 0.6) is 0 Å². The van der Waals surface area contributed by atoms with Crippen LogP contribution >= 0.6 is 0 Å². The highest BCUT2D eigenvalue weighted by molar-refractivity contribution is 6.46. The van der Waals surface area contributed by atoms with Crippen LogP contribution in [0.4, 0.5) is 0 Å². The van der Waals surface area contributed by atoms with E-state index in [0.29, 0.717) is 0 Å². The number of H-pyrrole nitrogens is 1. The van der Waals surface area contributed by atoms with Crippen molar-refractivity contribution in [3.05, 3.63) is 84.9 Å². The fraction of sp³-hybridized carbons (Fsp3) is 0. The minimum atomic E-state index is 1.28. The number of fused-ring (bicyclic) bond motifs is 7. The highest BCUT2D eigenvalue weighted by atomic mass is 14.7. The molecule has 1 nitrogen and oxygen atoms in total. The SMILES string of the molecule is c1cc2ccc3c4[nH]c5c6ccc7cccc8ccc(c6c78)c5c4c4ccc(c1)c2c34. The topological polar surface area (TPSA) is 15.8 Å². The molecule has 0 aliphatic carbocycles. The first-order valence-corrected chi connectivity index (χ1v) is 10.9. The molecule has 0 bridgehead atoms. The predicted octanol–water partition coefficient (Wildman–Crippen LogP) is 8.55. The van der Waals surface area contributed by atoms with Gasteiger partial charge >= 0.3 is 0 Å². The Labute approximate surface area is 176 Å². The molecule has 9 aromatic rings. The minimum Gasteiger partial charge on any atom is -0.353 e. The van der Waals surface area contributed by atoms with Gasteiger partial charge < -0.3 is 4.98 Å². The van der Waals surface area contributed by atoms with Gasteiger partial charge in [0, 0.05) is 32.3 Å². The molecule has 0 radical (unpaired) electrons. The zero-order chi connectivity index (χ0) is 19.8. The Balaban J connectivity index is 1.64. The maximum absolute atomic E-state index is 3.88. The molecule has 1 aromatic heterocycles. The molecule has 8 aromatic carbocycles. The molecule has 0 amide bonds. The van der Waals surface area contributed by atoms with Crippen LogP contribution in [0.1, 0.15) is 0 Å². The lowest BCUT2D eigenvalue weighted by Crippen LogP contribution is -1.79. The van der Waals surface area contributed by atoms with E-state index in [4.69, 9.17) is 0 Å². The maximum Gasteiger partial charge on any atom is 0.0551 e.